The number of anilines is 1. The topological polar surface area (TPSA) is 71.5 Å². The molecule has 0 aliphatic heterocycles. The number of carbonyl (C=O) groups is 1. The van der Waals surface area contributed by atoms with Gasteiger partial charge in [-0.05, 0) is 31.4 Å². The molecule has 0 radical (unpaired) electrons. The van der Waals surface area contributed by atoms with Gasteiger partial charge in [0, 0.05) is 12.7 Å². The van der Waals surface area contributed by atoms with Gasteiger partial charge in [0.2, 0.25) is 0 Å². The van der Waals surface area contributed by atoms with Crippen molar-refractivity contribution in [3.63, 3.8) is 0 Å². The van der Waals surface area contributed by atoms with E-state index in [0.717, 1.165) is 0 Å². The number of esters is 1. The molecule has 1 aromatic rings. The highest BCUT2D eigenvalue weighted by molar-refractivity contribution is 5.94. The monoisotopic (exact) mass is 280 g/mol. The standard InChI is InChI=1S/C15H24N2O3/c1-10(2)20-14(19)11-7-6-8-16-13(11)17-9-12(18)15(3,4)5/h6-8,10,12,18H,9H2,1-5H3,(H,16,17). The first-order chi connectivity index (χ1) is 9.21. The molecule has 5 nitrogen and oxygen atoms in total. The number of hydrogen-bond acceptors (Lipinski definition) is 5. The van der Waals surface area contributed by atoms with E-state index in [-0.39, 0.29) is 11.5 Å². The molecule has 0 spiro atoms. The van der Waals surface area contributed by atoms with Crippen molar-refractivity contribution in [2.75, 3.05) is 11.9 Å². The fraction of sp³-hybridized carbons (Fsp3) is 0.600. The molecule has 1 aromatic heterocycles. The van der Waals surface area contributed by atoms with E-state index in [1.54, 1.807) is 32.2 Å². The number of rotatable bonds is 5. The summed E-state index contributed by atoms with van der Waals surface area (Å²) in [6, 6.07) is 3.34. The van der Waals surface area contributed by atoms with Crippen molar-refractivity contribution in [1.82, 2.24) is 4.98 Å². The van der Waals surface area contributed by atoms with Crippen LogP contribution in [-0.2, 0) is 4.74 Å². The Balaban J connectivity index is 2.78. The van der Waals surface area contributed by atoms with Gasteiger partial charge >= 0.3 is 5.97 Å². The van der Waals surface area contributed by atoms with Gasteiger partial charge in [0.25, 0.3) is 0 Å². The lowest BCUT2D eigenvalue weighted by Crippen LogP contribution is -2.33. The fourth-order valence-electron chi connectivity index (χ4n) is 1.49. The summed E-state index contributed by atoms with van der Waals surface area (Å²) < 4.78 is 5.17. The Kier molecular flexibility index (Phi) is 5.51. The molecule has 0 aliphatic carbocycles. The number of aliphatic hydroxyl groups is 1. The number of nitrogens with one attached hydrogen (secondary N) is 1. The second-order valence-electron chi connectivity index (χ2n) is 6.12. The third-order valence-electron chi connectivity index (χ3n) is 2.83. The van der Waals surface area contributed by atoms with E-state index in [1.807, 2.05) is 20.8 Å². The molecule has 0 saturated heterocycles. The first-order valence-electron chi connectivity index (χ1n) is 6.79. The molecule has 1 atom stereocenters. The van der Waals surface area contributed by atoms with Crippen molar-refractivity contribution in [3.8, 4) is 0 Å². The maximum Gasteiger partial charge on any atom is 0.342 e. The van der Waals surface area contributed by atoms with Gasteiger partial charge in [0.15, 0.2) is 0 Å². The van der Waals surface area contributed by atoms with Crippen LogP contribution in [0, 0.1) is 5.41 Å². The van der Waals surface area contributed by atoms with Crippen molar-refractivity contribution in [2.24, 2.45) is 5.41 Å². The molecule has 0 fully saturated rings. The van der Waals surface area contributed by atoms with E-state index in [0.29, 0.717) is 17.9 Å². The Hall–Kier alpha value is -1.62. The molecule has 20 heavy (non-hydrogen) atoms. The Bertz CT molecular complexity index is 453. The summed E-state index contributed by atoms with van der Waals surface area (Å²) in [5, 5.41) is 13.0. The maximum absolute atomic E-state index is 12.0. The smallest absolute Gasteiger partial charge is 0.342 e. The fourth-order valence-corrected chi connectivity index (χ4v) is 1.49. The predicted octanol–water partition coefficient (Wildman–Crippen LogP) is 2.47. The molecule has 112 valence electrons. The molecule has 1 heterocycles. The lowest BCUT2D eigenvalue weighted by atomic mass is 9.89. The number of nitrogens with zero attached hydrogens (tertiary/aromatic N) is 1. The van der Waals surface area contributed by atoms with E-state index in [4.69, 9.17) is 4.74 Å². The summed E-state index contributed by atoms with van der Waals surface area (Å²) in [6.07, 6.45) is 0.868. The van der Waals surface area contributed by atoms with Crippen LogP contribution in [0.2, 0.25) is 0 Å². The van der Waals surface area contributed by atoms with E-state index in [2.05, 4.69) is 10.3 Å². The van der Waals surface area contributed by atoms with E-state index in [1.165, 1.54) is 0 Å². The molecule has 0 aliphatic rings. The Morgan fingerprint density at radius 1 is 1.45 bits per heavy atom. The average Bonchev–Trinajstić information content (AvgIpc) is 2.34. The summed E-state index contributed by atoms with van der Waals surface area (Å²) in [7, 11) is 0. The van der Waals surface area contributed by atoms with Crippen molar-refractivity contribution in [3.05, 3.63) is 23.9 Å². The highest BCUT2D eigenvalue weighted by Gasteiger charge is 2.23. The highest BCUT2D eigenvalue weighted by atomic mass is 16.5. The van der Waals surface area contributed by atoms with Gasteiger partial charge in [-0.2, -0.15) is 0 Å². The number of aromatic nitrogens is 1. The quantitative estimate of drug-likeness (QED) is 0.811. The molecule has 0 amide bonds. The van der Waals surface area contributed by atoms with Crippen LogP contribution in [0.15, 0.2) is 18.3 Å². The summed E-state index contributed by atoms with van der Waals surface area (Å²) in [4.78, 5) is 16.1. The van der Waals surface area contributed by atoms with E-state index >= 15 is 0 Å². The summed E-state index contributed by atoms with van der Waals surface area (Å²) in [5.74, 6) is 0.0160. The van der Waals surface area contributed by atoms with E-state index < -0.39 is 12.1 Å². The average molecular weight is 280 g/mol. The zero-order chi connectivity index (χ0) is 15.3. The molecule has 0 bridgehead atoms. The lowest BCUT2D eigenvalue weighted by Gasteiger charge is -2.26. The van der Waals surface area contributed by atoms with Gasteiger partial charge in [-0.15, -0.1) is 0 Å². The lowest BCUT2D eigenvalue weighted by molar-refractivity contribution is 0.0378. The normalized spacial score (nSPS) is 13.2. The van der Waals surface area contributed by atoms with Crippen LogP contribution in [0.1, 0.15) is 45.0 Å². The minimum Gasteiger partial charge on any atom is -0.459 e. The summed E-state index contributed by atoms with van der Waals surface area (Å²) in [6.45, 7) is 9.76. The van der Waals surface area contributed by atoms with Gasteiger partial charge in [0.1, 0.15) is 11.4 Å². The van der Waals surface area contributed by atoms with Gasteiger partial charge in [-0.1, -0.05) is 20.8 Å². The van der Waals surface area contributed by atoms with Crippen LogP contribution in [0.5, 0.6) is 0 Å². The van der Waals surface area contributed by atoms with Crippen LogP contribution in [0.25, 0.3) is 0 Å². The SMILES string of the molecule is CC(C)OC(=O)c1cccnc1NCC(O)C(C)(C)C. The minimum absolute atomic E-state index is 0.185. The largest absolute Gasteiger partial charge is 0.459 e. The van der Waals surface area contributed by atoms with Crippen molar-refractivity contribution in [1.29, 1.82) is 0 Å². The summed E-state index contributed by atoms with van der Waals surface area (Å²) in [5.41, 5.74) is 0.141. The number of ether oxygens (including phenoxy) is 1. The first-order valence-corrected chi connectivity index (χ1v) is 6.79. The zero-order valence-corrected chi connectivity index (χ0v) is 12.8. The Morgan fingerprint density at radius 2 is 2.10 bits per heavy atom. The van der Waals surface area contributed by atoms with Gasteiger partial charge < -0.3 is 15.2 Å². The number of hydrogen-bond donors (Lipinski definition) is 2. The van der Waals surface area contributed by atoms with Crippen LogP contribution >= 0.6 is 0 Å². The molecule has 5 heteroatoms. The molecule has 0 saturated carbocycles. The molecular weight excluding hydrogens is 256 g/mol. The van der Waals surface area contributed by atoms with Crippen LogP contribution < -0.4 is 5.32 Å². The second-order valence-corrected chi connectivity index (χ2v) is 6.12. The van der Waals surface area contributed by atoms with E-state index in [9.17, 15) is 9.90 Å². The first kappa shape index (κ1) is 16.4. The second kappa shape index (κ2) is 6.70. The molecular formula is C15H24N2O3. The highest BCUT2D eigenvalue weighted by Crippen LogP contribution is 2.20. The minimum atomic E-state index is -0.543. The third kappa shape index (κ3) is 4.81. The van der Waals surface area contributed by atoms with Gasteiger partial charge in [-0.3, -0.25) is 0 Å². The molecule has 1 rings (SSSR count). The van der Waals surface area contributed by atoms with Gasteiger partial charge in [0.05, 0.1) is 12.2 Å². The maximum atomic E-state index is 12.0. The molecule has 1 unspecified atom stereocenters. The van der Waals surface area contributed by atoms with Crippen molar-refractivity contribution < 1.29 is 14.6 Å². The predicted molar refractivity (Wildman–Crippen MR) is 78.7 cm³/mol. The third-order valence-corrected chi connectivity index (χ3v) is 2.83. The number of carbonyl (C=O) groups excluding carboxylic acids is 1. The van der Waals surface area contributed by atoms with Crippen LogP contribution in [-0.4, -0.2) is 34.8 Å². The van der Waals surface area contributed by atoms with Gasteiger partial charge in [-0.25, -0.2) is 9.78 Å². The Morgan fingerprint density at radius 3 is 2.65 bits per heavy atom. The Labute approximate surface area is 120 Å². The summed E-state index contributed by atoms with van der Waals surface area (Å²) >= 11 is 0. The van der Waals surface area contributed by atoms with Crippen LogP contribution in [0.3, 0.4) is 0 Å². The van der Waals surface area contributed by atoms with Crippen molar-refractivity contribution in [2.45, 2.75) is 46.8 Å². The van der Waals surface area contributed by atoms with Crippen molar-refractivity contribution >= 4 is 11.8 Å². The molecule has 2 N–H and O–H groups in total. The number of pyridine rings is 1. The van der Waals surface area contributed by atoms with Crippen LogP contribution in [0.4, 0.5) is 5.82 Å². The number of aliphatic hydroxyl groups excluding tert-OH is 1. The molecule has 0 aromatic carbocycles. The zero-order valence-electron chi connectivity index (χ0n) is 12.8.